The molecule has 14 heavy (non-hydrogen) atoms. The first kappa shape index (κ1) is 10.0. The second kappa shape index (κ2) is 3.26. The van der Waals surface area contributed by atoms with E-state index < -0.39 is 11.7 Å². The molecule has 0 heterocycles. The van der Waals surface area contributed by atoms with Crippen LogP contribution < -0.4 is 0 Å². The zero-order chi connectivity index (χ0) is 10.3. The molecule has 1 aliphatic carbocycles. The van der Waals surface area contributed by atoms with E-state index >= 15 is 0 Å². The van der Waals surface area contributed by atoms with Gasteiger partial charge in [-0.1, -0.05) is 22.0 Å². The lowest BCUT2D eigenvalue weighted by Gasteiger charge is -2.09. The van der Waals surface area contributed by atoms with Crippen LogP contribution in [-0.4, -0.2) is 0 Å². The predicted molar refractivity (Wildman–Crippen MR) is 51.1 cm³/mol. The van der Waals surface area contributed by atoms with Gasteiger partial charge < -0.3 is 0 Å². The van der Waals surface area contributed by atoms with Crippen LogP contribution in [0, 0.1) is 0 Å². The lowest BCUT2D eigenvalue weighted by atomic mass is 10.1. The second-order valence-electron chi connectivity index (χ2n) is 3.51. The summed E-state index contributed by atoms with van der Waals surface area (Å²) in [5, 5.41) is 0. The molecule has 1 aromatic rings. The highest BCUT2D eigenvalue weighted by molar-refractivity contribution is 9.10. The first-order valence-electron chi connectivity index (χ1n) is 4.35. The molecular formula is C10H8BrF3. The Morgan fingerprint density at radius 1 is 1.21 bits per heavy atom. The molecule has 0 saturated heterocycles. The van der Waals surface area contributed by atoms with E-state index in [9.17, 15) is 13.2 Å². The van der Waals surface area contributed by atoms with Gasteiger partial charge in [0.15, 0.2) is 0 Å². The smallest absolute Gasteiger partial charge is 0.166 e. The van der Waals surface area contributed by atoms with Gasteiger partial charge in [-0.25, -0.2) is 0 Å². The summed E-state index contributed by atoms with van der Waals surface area (Å²) >= 11 is 2.96. The molecule has 0 aliphatic heterocycles. The standard InChI is InChI=1S/C10H8BrF3/c11-9-5-7(6-1-2-6)3-4-8(9)10(12,13)14/h3-6H,1-2H2. The summed E-state index contributed by atoms with van der Waals surface area (Å²) in [7, 11) is 0. The van der Waals surface area contributed by atoms with E-state index in [0.29, 0.717) is 5.92 Å². The lowest BCUT2D eigenvalue weighted by molar-refractivity contribution is -0.138. The zero-order valence-corrected chi connectivity index (χ0v) is 8.82. The summed E-state index contributed by atoms with van der Waals surface area (Å²) in [4.78, 5) is 0. The van der Waals surface area contributed by atoms with Crippen LogP contribution in [0.15, 0.2) is 22.7 Å². The molecule has 1 fully saturated rings. The minimum atomic E-state index is -4.26. The van der Waals surface area contributed by atoms with Gasteiger partial charge in [-0.2, -0.15) is 13.2 Å². The van der Waals surface area contributed by atoms with Crippen LogP contribution in [0.5, 0.6) is 0 Å². The van der Waals surface area contributed by atoms with Gasteiger partial charge in [-0.05, 0) is 36.5 Å². The van der Waals surface area contributed by atoms with E-state index in [2.05, 4.69) is 15.9 Å². The van der Waals surface area contributed by atoms with Crippen molar-refractivity contribution in [2.45, 2.75) is 24.9 Å². The topological polar surface area (TPSA) is 0 Å². The fourth-order valence-corrected chi connectivity index (χ4v) is 2.05. The highest BCUT2D eigenvalue weighted by atomic mass is 79.9. The van der Waals surface area contributed by atoms with Crippen molar-refractivity contribution in [3.05, 3.63) is 33.8 Å². The molecule has 76 valence electrons. The second-order valence-corrected chi connectivity index (χ2v) is 4.37. The van der Waals surface area contributed by atoms with Crippen molar-refractivity contribution in [1.29, 1.82) is 0 Å². The SMILES string of the molecule is FC(F)(F)c1ccc(C2CC2)cc1Br. The summed E-state index contributed by atoms with van der Waals surface area (Å²) in [6, 6.07) is 4.31. The van der Waals surface area contributed by atoms with Crippen molar-refractivity contribution in [3.63, 3.8) is 0 Å². The van der Waals surface area contributed by atoms with Crippen molar-refractivity contribution in [2.24, 2.45) is 0 Å². The summed E-state index contributed by atoms with van der Waals surface area (Å²) in [5.74, 6) is 0.480. The number of hydrogen-bond acceptors (Lipinski definition) is 0. The fraction of sp³-hybridized carbons (Fsp3) is 0.400. The Bertz CT molecular complexity index is 353. The number of benzene rings is 1. The predicted octanol–water partition coefficient (Wildman–Crippen LogP) is 4.35. The van der Waals surface area contributed by atoms with Crippen LogP contribution in [0.4, 0.5) is 13.2 Å². The van der Waals surface area contributed by atoms with Crippen LogP contribution in [0.25, 0.3) is 0 Å². The lowest BCUT2D eigenvalue weighted by Crippen LogP contribution is -2.06. The Balaban J connectivity index is 2.35. The Hall–Kier alpha value is -0.510. The van der Waals surface area contributed by atoms with Gasteiger partial charge in [0.1, 0.15) is 0 Å². The van der Waals surface area contributed by atoms with Gasteiger partial charge in [-0.3, -0.25) is 0 Å². The van der Waals surface area contributed by atoms with Crippen LogP contribution >= 0.6 is 15.9 Å². The summed E-state index contributed by atoms with van der Waals surface area (Å²) < 4.78 is 37.2. The monoisotopic (exact) mass is 264 g/mol. The molecule has 0 spiro atoms. The van der Waals surface area contributed by atoms with Crippen molar-refractivity contribution in [2.75, 3.05) is 0 Å². The molecule has 1 aliphatic rings. The first-order chi connectivity index (χ1) is 6.48. The van der Waals surface area contributed by atoms with Gasteiger partial charge >= 0.3 is 6.18 Å². The third-order valence-corrected chi connectivity index (χ3v) is 3.00. The largest absolute Gasteiger partial charge is 0.417 e. The Morgan fingerprint density at radius 2 is 1.86 bits per heavy atom. The molecule has 0 nitrogen and oxygen atoms in total. The van der Waals surface area contributed by atoms with Gasteiger partial charge in [0.25, 0.3) is 0 Å². The first-order valence-corrected chi connectivity index (χ1v) is 5.14. The molecule has 0 aromatic heterocycles. The minimum Gasteiger partial charge on any atom is -0.166 e. The highest BCUT2D eigenvalue weighted by Gasteiger charge is 2.33. The molecule has 0 N–H and O–H groups in total. The molecule has 2 rings (SSSR count). The zero-order valence-electron chi connectivity index (χ0n) is 7.24. The molecular weight excluding hydrogens is 257 g/mol. The van der Waals surface area contributed by atoms with Gasteiger partial charge in [0.05, 0.1) is 5.56 Å². The maximum Gasteiger partial charge on any atom is 0.417 e. The number of rotatable bonds is 1. The molecule has 4 heteroatoms. The minimum absolute atomic E-state index is 0.148. The molecule has 0 unspecified atom stereocenters. The third kappa shape index (κ3) is 1.95. The third-order valence-electron chi connectivity index (χ3n) is 2.35. The van der Waals surface area contributed by atoms with Gasteiger partial charge in [0, 0.05) is 4.47 Å². The molecule has 0 bridgehead atoms. The van der Waals surface area contributed by atoms with Crippen LogP contribution in [-0.2, 0) is 6.18 Å². The van der Waals surface area contributed by atoms with Gasteiger partial charge in [-0.15, -0.1) is 0 Å². The molecule has 0 amide bonds. The van der Waals surface area contributed by atoms with E-state index in [1.165, 1.54) is 0 Å². The van der Waals surface area contributed by atoms with E-state index in [4.69, 9.17) is 0 Å². The molecule has 1 aromatic carbocycles. The number of hydrogen-bond donors (Lipinski definition) is 0. The van der Waals surface area contributed by atoms with E-state index in [0.717, 1.165) is 24.5 Å². The normalized spacial score (nSPS) is 17.1. The van der Waals surface area contributed by atoms with Crippen LogP contribution in [0.1, 0.15) is 29.9 Å². The Morgan fingerprint density at radius 3 is 2.29 bits per heavy atom. The Labute approximate surface area is 88.2 Å². The van der Waals surface area contributed by atoms with Crippen molar-refractivity contribution >= 4 is 15.9 Å². The average molecular weight is 265 g/mol. The molecule has 1 saturated carbocycles. The van der Waals surface area contributed by atoms with Gasteiger partial charge in [0.2, 0.25) is 0 Å². The molecule has 0 radical (unpaired) electrons. The van der Waals surface area contributed by atoms with Crippen LogP contribution in [0.3, 0.4) is 0 Å². The van der Waals surface area contributed by atoms with Crippen molar-refractivity contribution in [3.8, 4) is 0 Å². The van der Waals surface area contributed by atoms with Crippen molar-refractivity contribution in [1.82, 2.24) is 0 Å². The molecule has 0 atom stereocenters. The highest BCUT2D eigenvalue weighted by Crippen LogP contribution is 2.43. The summed E-state index contributed by atoms with van der Waals surface area (Å²) in [5.41, 5.74) is 0.409. The van der Waals surface area contributed by atoms with Crippen molar-refractivity contribution < 1.29 is 13.2 Å². The number of alkyl halides is 3. The van der Waals surface area contributed by atoms with E-state index in [1.54, 1.807) is 12.1 Å². The maximum atomic E-state index is 12.4. The van der Waals surface area contributed by atoms with E-state index in [-0.39, 0.29) is 4.47 Å². The summed E-state index contributed by atoms with van der Waals surface area (Å²) in [6.45, 7) is 0. The summed E-state index contributed by atoms with van der Waals surface area (Å²) in [6.07, 6.45) is -2.07. The van der Waals surface area contributed by atoms with E-state index in [1.807, 2.05) is 0 Å². The fourth-order valence-electron chi connectivity index (χ4n) is 1.43. The number of halogens is 4. The average Bonchev–Trinajstić information content (AvgIpc) is 2.83. The Kier molecular flexibility index (Phi) is 2.33. The van der Waals surface area contributed by atoms with Crippen LogP contribution in [0.2, 0.25) is 0 Å². The maximum absolute atomic E-state index is 12.4. The quantitative estimate of drug-likeness (QED) is 0.708.